The van der Waals surface area contributed by atoms with E-state index in [0.717, 1.165) is 44.3 Å². The van der Waals surface area contributed by atoms with E-state index < -0.39 is 72.6 Å². The summed E-state index contributed by atoms with van der Waals surface area (Å²) in [7, 11) is 0. The zero-order chi connectivity index (χ0) is 33.0. The summed E-state index contributed by atoms with van der Waals surface area (Å²) in [6.07, 6.45) is -7.75. The molecule has 3 aromatic rings. The van der Waals surface area contributed by atoms with E-state index >= 15 is 0 Å². The van der Waals surface area contributed by atoms with Crippen molar-refractivity contribution in [3.63, 3.8) is 0 Å². The fraction of sp³-hybridized carbons (Fsp3) is 0.367. The third-order valence-electron chi connectivity index (χ3n) is 6.59. The van der Waals surface area contributed by atoms with Gasteiger partial charge >= 0.3 is 23.9 Å². The summed E-state index contributed by atoms with van der Waals surface area (Å²) < 4.78 is 29.4. The lowest BCUT2D eigenvalue weighted by Crippen LogP contribution is -2.69. The first-order chi connectivity index (χ1) is 21.3. The van der Waals surface area contributed by atoms with Crippen molar-refractivity contribution in [3.8, 4) is 11.4 Å². The maximum atomic E-state index is 14.3. The highest BCUT2D eigenvalue weighted by Gasteiger charge is 2.55. The lowest BCUT2D eigenvalue weighted by Gasteiger charge is -2.47. The van der Waals surface area contributed by atoms with Crippen molar-refractivity contribution in [3.05, 3.63) is 63.4 Å². The number of ether oxygens (including phenoxy) is 5. The van der Waals surface area contributed by atoms with E-state index in [2.05, 4.69) is 15.9 Å². The van der Waals surface area contributed by atoms with Crippen LogP contribution in [0.25, 0.3) is 22.3 Å². The van der Waals surface area contributed by atoms with Gasteiger partial charge in [-0.25, -0.2) is 9.99 Å². The van der Waals surface area contributed by atoms with Crippen molar-refractivity contribution < 1.29 is 47.7 Å². The van der Waals surface area contributed by atoms with E-state index in [-0.39, 0.29) is 11.2 Å². The molecule has 0 aliphatic carbocycles. The van der Waals surface area contributed by atoms with Crippen LogP contribution in [0.4, 0.5) is 0 Å². The summed E-state index contributed by atoms with van der Waals surface area (Å²) >= 11 is 3.36. The first kappa shape index (κ1) is 33.3. The van der Waals surface area contributed by atoms with Crippen molar-refractivity contribution in [1.82, 2.24) is 9.66 Å². The number of benzene rings is 2. The first-order valence-corrected chi connectivity index (χ1v) is 14.5. The quantitative estimate of drug-likeness (QED) is 0.251. The van der Waals surface area contributed by atoms with Crippen molar-refractivity contribution in [2.75, 3.05) is 11.6 Å². The highest BCUT2D eigenvalue weighted by Crippen LogP contribution is 2.32. The lowest BCUT2D eigenvalue weighted by atomic mass is 9.96. The minimum atomic E-state index is -1.70. The third kappa shape index (κ3) is 7.54. The lowest BCUT2D eigenvalue weighted by molar-refractivity contribution is -0.254. The zero-order valence-electron chi connectivity index (χ0n) is 24.9. The topological polar surface area (TPSA) is 170 Å². The van der Waals surface area contributed by atoms with Crippen LogP contribution in [0, 0.1) is 0 Å². The van der Waals surface area contributed by atoms with E-state index in [1.807, 2.05) is 0 Å². The fourth-order valence-electron chi connectivity index (χ4n) is 4.96. The van der Waals surface area contributed by atoms with Gasteiger partial charge in [0.2, 0.25) is 5.91 Å². The predicted octanol–water partition coefficient (Wildman–Crippen LogP) is 2.39. The van der Waals surface area contributed by atoms with Crippen LogP contribution in [0.15, 0.2) is 57.8 Å². The van der Waals surface area contributed by atoms with Crippen molar-refractivity contribution in [1.29, 1.82) is 0 Å². The molecule has 1 aromatic heterocycles. The Balaban J connectivity index is 2.02. The second-order valence-electron chi connectivity index (χ2n) is 10.0. The summed E-state index contributed by atoms with van der Waals surface area (Å²) in [5, 5.41) is 1.01. The largest absolute Gasteiger partial charge is 0.463 e. The molecule has 1 aliphatic rings. The van der Waals surface area contributed by atoms with Gasteiger partial charge < -0.3 is 23.7 Å². The Morgan fingerprint density at radius 3 is 2.02 bits per heavy atom. The van der Waals surface area contributed by atoms with Gasteiger partial charge in [0.05, 0.1) is 10.9 Å². The number of rotatable bonds is 8. The van der Waals surface area contributed by atoms with Crippen LogP contribution in [0.1, 0.15) is 34.6 Å². The normalized spacial score (nSPS) is 21.0. The molecule has 14 nitrogen and oxygen atoms in total. The maximum Gasteiger partial charge on any atom is 0.303 e. The highest BCUT2D eigenvalue weighted by molar-refractivity contribution is 9.10. The SMILES string of the molecule is CC(=O)OC[C@H]1O[C@@H](N(C(C)=O)n2c(-c3ccccc3)nc3ccc(Br)cc3c2=O)[C@H](OC(C)=O)[C@@H](OC(C)=O)[C@@H]1OC(C)=O. The smallest absolute Gasteiger partial charge is 0.303 e. The van der Waals surface area contributed by atoms with Crippen LogP contribution in [-0.2, 0) is 47.7 Å². The molecule has 2 aromatic carbocycles. The molecule has 0 unspecified atom stereocenters. The molecule has 0 bridgehead atoms. The molecule has 4 rings (SSSR count). The van der Waals surface area contributed by atoms with Gasteiger partial charge in [-0.2, -0.15) is 4.68 Å². The molecule has 5 atom stereocenters. The first-order valence-electron chi connectivity index (χ1n) is 13.7. The summed E-state index contributed by atoms with van der Waals surface area (Å²) in [6, 6.07) is 13.4. The zero-order valence-corrected chi connectivity index (χ0v) is 26.5. The van der Waals surface area contributed by atoms with E-state index in [1.165, 1.54) is 6.07 Å². The van der Waals surface area contributed by atoms with Crippen LogP contribution in [0.3, 0.4) is 0 Å². The summed E-state index contributed by atoms with van der Waals surface area (Å²) in [5.74, 6) is -3.99. The van der Waals surface area contributed by atoms with E-state index in [0.29, 0.717) is 15.6 Å². The van der Waals surface area contributed by atoms with Gasteiger partial charge in [-0.3, -0.25) is 28.8 Å². The van der Waals surface area contributed by atoms with Gasteiger partial charge in [-0.1, -0.05) is 46.3 Å². The summed E-state index contributed by atoms with van der Waals surface area (Å²) in [6.45, 7) is 4.99. The molecular formula is C30H30BrN3O11. The van der Waals surface area contributed by atoms with Gasteiger partial charge in [-0.05, 0) is 18.2 Å². The minimum absolute atomic E-state index is 0.0264. The second-order valence-corrected chi connectivity index (χ2v) is 10.9. The minimum Gasteiger partial charge on any atom is -0.463 e. The molecule has 1 aliphatic heterocycles. The number of amides is 1. The molecule has 0 spiro atoms. The van der Waals surface area contributed by atoms with Gasteiger partial charge in [0, 0.05) is 44.7 Å². The van der Waals surface area contributed by atoms with Crippen LogP contribution < -0.4 is 10.6 Å². The van der Waals surface area contributed by atoms with Crippen LogP contribution in [0.2, 0.25) is 0 Å². The monoisotopic (exact) mass is 687 g/mol. The number of halogens is 1. The van der Waals surface area contributed by atoms with Crippen molar-refractivity contribution in [2.24, 2.45) is 0 Å². The predicted molar refractivity (Wildman–Crippen MR) is 160 cm³/mol. The molecule has 0 N–H and O–H groups in total. The Bertz CT molecular complexity index is 1690. The van der Waals surface area contributed by atoms with Crippen LogP contribution >= 0.6 is 15.9 Å². The molecule has 45 heavy (non-hydrogen) atoms. The van der Waals surface area contributed by atoms with Crippen LogP contribution in [0.5, 0.6) is 0 Å². The molecular weight excluding hydrogens is 658 g/mol. The number of hydrogen-bond acceptors (Lipinski definition) is 12. The molecule has 2 heterocycles. The highest BCUT2D eigenvalue weighted by atomic mass is 79.9. The van der Waals surface area contributed by atoms with E-state index in [9.17, 15) is 28.8 Å². The number of carbonyl (C=O) groups excluding carboxylic acids is 5. The van der Waals surface area contributed by atoms with Gasteiger partial charge in [-0.15, -0.1) is 0 Å². The average molecular weight is 688 g/mol. The van der Waals surface area contributed by atoms with E-state index in [1.54, 1.807) is 42.5 Å². The number of aromatic nitrogens is 2. The Kier molecular flexibility index (Phi) is 10.3. The molecule has 0 saturated carbocycles. The van der Waals surface area contributed by atoms with Gasteiger partial charge in [0.1, 0.15) is 12.7 Å². The molecule has 15 heteroatoms. The number of nitrogens with zero attached hydrogens (tertiary/aromatic N) is 3. The average Bonchev–Trinajstić information content (AvgIpc) is 2.96. The molecule has 1 saturated heterocycles. The summed E-state index contributed by atoms with van der Waals surface area (Å²) in [5.41, 5.74) is 0.0721. The number of hydrogen-bond donors (Lipinski definition) is 0. The summed E-state index contributed by atoms with van der Waals surface area (Å²) in [4.78, 5) is 81.2. The van der Waals surface area contributed by atoms with Crippen molar-refractivity contribution in [2.45, 2.75) is 65.3 Å². The molecule has 1 amide bonds. The number of esters is 4. The Labute approximate surface area is 265 Å². The Morgan fingerprint density at radius 1 is 0.844 bits per heavy atom. The van der Waals surface area contributed by atoms with Gasteiger partial charge in [0.25, 0.3) is 5.56 Å². The molecule has 238 valence electrons. The molecule has 1 fully saturated rings. The Hall–Kier alpha value is -4.63. The standard InChI is InChI=1S/C30H30BrN3O11/c1-15(35)33(34-28(20-9-7-6-8-10-20)32-23-12-11-21(31)13-22(23)29(34)40)30-27(44-19(5)39)26(43-18(4)38)25(42-17(3)37)24(45-30)14-41-16(2)36/h6-13,24-27,30H,14H2,1-5H3/t24-,25-,26+,27-,30-/m1/s1. The third-order valence-corrected chi connectivity index (χ3v) is 7.08. The Morgan fingerprint density at radius 2 is 1.44 bits per heavy atom. The van der Waals surface area contributed by atoms with E-state index in [4.69, 9.17) is 28.7 Å². The van der Waals surface area contributed by atoms with Crippen molar-refractivity contribution >= 4 is 56.6 Å². The fourth-order valence-corrected chi connectivity index (χ4v) is 5.32. The maximum absolute atomic E-state index is 14.3. The van der Waals surface area contributed by atoms with Gasteiger partial charge in [0.15, 0.2) is 30.4 Å². The molecule has 0 radical (unpaired) electrons. The second kappa shape index (κ2) is 14.0. The van der Waals surface area contributed by atoms with Crippen LogP contribution in [-0.4, -0.2) is 76.7 Å². The number of carbonyl (C=O) groups is 5. The number of fused-ring (bicyclic) bond motifs is 1.